The zero-order valence-corrected chi connectivity index (χ0v) is 12.7. The molecule has 7 nitrogen and oxygen atoms in total. The van der Waals surface area contributed by atoms with Crippen molar-refractivity contribution in [1.82, 2.24) is 20.2 Å². The fourth-order valence-corrected chi connectivity index (χ4v) is 2.41. The Balaban J connectivity index is 1.99. The lowest BCUT2D eigenvalue weighted by molar-refractivity contribution is 0.400. The molecule has 2 atom stereocenters. The van der Waals surface area contributed by atoms with E-state index >= 15 is 0 Å². The number of tetrazole rings is 1. The van der Waals surface area contributed by atoms with E-state index in [1.54, 1.807) is 4.68 Å². The van der Waals surface area contributed by atoms with Crippen LogP contribution in [0.5, 0.6) is 0 Å². The van der Waals surface area contributed by atoms with E-state index in [1.165, 1.54) is 0 Å². The van der Waals surface area contributed by atoms with Gasteiger partial charge < -0.3 is 15.8 Å². The van der Waals surface area contributed by atoms with Crippen molar-refractivity contribution in [2.75, 3.05) is 0 Å². The van der Waals surface area contributed by atoms with E-state index < -0.39 is 7.12 Å². The molecular formula is C14H22BN5O2. The first-order valence-corrected chi connectivity index (χ1v) is 7.54. The van der Waals surface area contributed by atoms with E-state index in [0.717, 1.165) is 12.0 Å². The number of rotatable bonds is 8. The number of benzene rings is 1. The third-order valence-corrected chi connectivity index (χ3v) is 3.73. The first kappa shape index (κ1) is 16.6. The zero-order chi connectivity index (χ0) is 15.9. The van der Waals surface area contributed by atoms with Gasteiger partial charge in [0.25, 0.3) is 0 Å². The number of unbranched alkanes of at least 4 members (excludes halogenated alkanes) is 1. The lowest BCUT2D eigenvalue weighted by Gasteiger charge is -2.17. The molecule has 2 rings (SSSR count). The Morgan fingerprint density at radius 1 is 1.23 bits per heavy atom. The average molecular weight is 303 g/mol. The molecule has 4 N–H and O–H groups in total. The second-order valence-electron chi connectivity index (χ2n) is 5.44. The van der Waals surface area contributed by atoms with Crippen LogP contribution in [0.1, 0.15) is 49.7 Å². The standard InChI is InChI=1S/C14H22BN5O2/c1-11(12-7-3-2-4-8-12)20-14(17-18-19-20)13(16)9-5-6-10-15(21)22/h2-4,7-8,11,13,21-22H,5-6,9-10,16H2,1H3/t11-,13?/m1/s1. The van der Waals surface area contributed by atoms with Gasteiger partial charge in [0.05, 0.1) is 12.1 Å². The minimum atomic E-state index is -1.25. The topological polar surface area (TPSA) is 110 Å². The highest BCUT2D eigenvalue weighted by Crippen LogP contribution is 2.22. The van der Waals surface area contributed by atoms with Crippen molar-refractivity contribution < 1.29 is 10.0 Å². The number of nitrogens with zero attached hydrogens (tertiary/aromatic N) is 4. The monoisotopic (exact) mass is 303 g/mol. The number of hydrogen-bond donors (Lipinski definition) is 3. The van der Waals surface area contributed by atoms with E-state index in [-0.39, 0.29) is 12.1 Å². The summed E-state index contributed by atoms with van der Waals surface area (Å²) < 4.78 is 1.75. The Kier molecular flexibility index (Phi) is 6.05. The Morgan fingerprint density at radius 3 is 2.64 bits per heavy atom. The maximum absolute atomic E-state index is 8.83. The van der Waals surface area contributed by atoms with Crippen molar-refractivity contribution in [2.45, 2.75) is 44.6 Å². The van der Waals surface area contributed by atoms with Gasteiger partial charge in [-0.25, -0.2) is 4.68 Å². The molecule has 0 aliphatic rings. The SMILES string of the molecule is C[C@H](c1ccccc1)n1nnnc1C(N)CCCCB(O)O. The van der Waals surface area contributed by atoms with Gasteiger partial charge >= 0.3 is 7.12 Å². The first-order chi connectivity index (χ1) is 10.6. The number of hydrogen-bond acceptors (Lipinski definition) is 6. The van der Waals surface area contributed by atoms with Gasteiger partial charge in [-0.15, -0.1) is 5.10 Å². The minimum Gasteiger partial charge on any atom is -0.427 e. The van der Waals surface area contributed by atoms with Crippen molar-refractivity contribution in [3.05, 3.63) is 41.7 Å². The molecule has 0 aliphatic carbocycles. The van der Waals surface area contributed by atoms with Gasteiger partial charge in [0, 0.05) is 0 Å². The summed E-state index contributed by atoms with van der Waals surface area (Å²) in [6, 6.07) is 9.74. The molecule has 118 valence electrons. The molecule has 0 bridgehead atoms. The predicted molar refractivity (Wildman–Crippen MR) is 83.9 cm³/mol. The van der Waals surface area contributed by atoms with Gasteiger partial charge in [-0.1, -0.05) is 43.2 Å². The highest BCUT2D eigenvalue weighted by atomic mass is 16.4. The molecule has 0 aliphatic heterocycles. The van der Waals surface area contributed by atoms with Crippen LogP contribution in [0.15, 0.2) is 30.3 Å². The van der Waals surface area contributed by atoms with Crippen molar-refractivity contribution >= 4 is 7.12 Å². The van der Waals surface area contributed by atoms with E-state index in [2.05, 4.69) is 15.5 Å². The Bertz CT molecular complexity index is 563. The molecule has 0 fully saturated rings. The van der Waals surface area contributed by atoms with Crippen LogP contribution in [0, 0.1) is 0 Å². The summed E-state index contributed by atoms with van der Waals surface area (Å²) in [5, 5.41) is 29.5. The van der Waals surface area contributed by atoms with E-state index in [9.17, 15) is 0 Å². The van der Waals surface area contributed by atoms with Gasteiger partial charge in [-0.2, -0.15) is 0 Å². The van der Waals surface area contributed by atoms with Crippen LogP contribution in [-0.4, -0.2) is 37.4 Å². The molecule has 22 heavy (non-hydrogen) atoms. The van der Waals surface area contributed by atoms with Crippen LogP contribution in [0.4, 0.5) is 0 Å². The molecule has 1 unspecified atom stereocenters. The zero-order valence-electron chi connectivity index (χ0n) is 12.7. The number of nitrogens with two attached hydrogens (primary N) is 1. The third-order valence-electron chi connectivity index (χ3n) is 3.73. The van der Waals surface area contributed by atoms with Gasteiger partial charge in [0.15, 0.2) is 5.82 Å². The van der Waals surface area contributed by atoms with Gasteiger partial charge in [0.2, 0.25) is 0 Å². The molecular weight excluding hydrogens is 281 g/mol. The summed E-state index contributed by atoms with van der Waals surface area (Å²) in [5.74, 6) is 0.654. The predicted octanol–water partition coefficient (Wildman–Crippen LogP) is 0.925. The molecule has 0 radical (unpaired) electrons. The van der Waals surface area contributed by atoms with Crippen molar-refractivity contribution in [1.29, 1.82) is 0 Å². The second-order valence-corrected chi connectivity index (χ2v) is 5.44. The summed E-state index contributed by atoms with van der Waals surface area (Å²) in [7, 11) is -1.25. The highest BCUT2D eigenvalue weighted by Gasteiger charge is 2.19. The second kappa shape index (κ2) is 8.02. The summed E-state index contributed by atoms with van der Waals surface area (Å²) in [5.41, 5.74) is 7.30. The van der Waals surface area contributed by atoms with Gasteiger partial charge in [-0.05, 0) is 35.7 Å². The molecule has 0 saturated heterocycles. The van der Waals surface area contributed by atoms with E-state index in [4.69, 9.17) is 15.8 Å². The van der Waals surface area contributed by atoms with Crippen LogP contribution in [0.2, 0.25) is 6.32 Å². The molecule has 1 heterocycles. The Hall–Kier alpha value is -1.77. The third kappa shape index (κ3) is 4.36. The smallest absolute Gasteiger partial charge is 0.427 e. The van der Waals surface area contributed by atoms with Gasteiger partial charge in [0.1, 0.15) is 0 Å². The van der Waals surface area contributed by atoms with Crippen LogP contribution in [-0.2, 0) is 0 Å². The molecule has 0 saturated carbocycles. The van der Waals surface area contributed by atoms with E-state index in [0.29, 0.717) is 25.0 Å². The maximum atomic E-state index is 8.83. The van der Waals surface area contributed by atoms with Crippen molar-refractivity contribution in [2.24, 2.45) is 5.73 Å². The summed E-state index contributed by atoms with van der Waals surface area (Å²) in [6.45, 7) is 2.03. The average Bonchev–Trinajstić information content (AvgIpc) is 3.01. The van der Waals surface area contributed by atoms with Gasteiger partial charge in [-0.3, -0.25) is 0 Å². The van der Waals surface area contributed by atoms with Crippen LogP contribution in [0.25, 0.3) is 0 Å². The minimum absolute atomic E-state index is 0.0107. The van der Waals surface area contributed by atoms with Crippen LogP contribution < -0.4 is 5.73 Å². The summed E-state index contributed by atoms with van der Waals surface area (Å²) in [4.78, 5) is 0. The van der Waals surface area contributed by atoms with E-state index in [1.807, 2.05) is 37.3 Å². The Labute approximate surface area is 130 Å². The normalized spacial score (nSPS) is 13.8. The fourth-order valence-electron chi connectivity index (χ4n) is 2.41. The molecule has 2 aromatic rings. The molecule has 0 spiro atoms. The molecule has 0 amide bonds. The van der Waals surface area contributed by atoms with Crippen LogP contribution >= 0.6 is 0 Å². The van der Waals surface area contributed by atoms with Crippen LogP contribution in [0.3, 0.4) is 0 Å². The largest absolute Gasteiger partial charge is 0.451 e. The lowest BCUT2D eigenvalue weighted by Crippen LogP contribution is -2.20. The van der Waals surface area contributed by atoms with Crippen molar-refractivity contribution in [3.63, 3.8) is 0 Å². The Morgan fingerprint density at radius 2 is 1.95 bits per heavy atom. The fraction of sp³-hybridized carbons (Fsp3) is 0.500. The lowest BCUT2D eigenvalue weighted by atomic mass is 9.83. The molecule has 1 aromatic heterocycles. The first-order valence-electron chi connectivity index (χ1n) is 7.54. The number of aromatic nitrogens is 4. The molecule has 8 heteroatoms. The summed E-state index contributed by atoms with van der Waals surface area (Å²) in [6.07, 6.45) is 2.57. The maximum Gasteiger partial charge on any atom is 0.451 e. The highest BCUT2D eigenvalue weighted by molar-refractivity contribution is 6.40. The summed E-state index contributed by atoms with van der Waals surface area (Å²) >= 11 is 0. The molecule has 1 aromatic carbocycles. The van der Waals surface area contributed by atoms with Crippen molar-refractivity contribution in [3.8, 4) is 0 Å². The quantitative estimate of drug-likeness (QED) is 0.494.